The van der Waals surface area contributed by atoms with Gasteiger partial charge in [-0.3, -0.25) is 0 Å². The molecule has 5 unspecified atom stereocenters. The molecular formula is C13H22O. The Balaban J connectivity index is 1.57. The molecule has 0 spiro atoms. The van der Waals surface area contributed by atoms with Gasteiger partial charge < -0.3 is 5.11 Å². The highest BCUT2D eigenvalue weighted by Crippen LogP contribution is 2.51. The highest BCUT2D eigenvalue weighted by atomic mass is 16.3. The predicted molar refractivity (Wildman–Crippen MR) is 56.9 cm³/mol. The van der Waals surface area contributed by atoms with Crippen molar-refractivity contribution < 1.29 is 5.11 Å². The summed E-state index contributed by atoms with van der Waals surface area (Å²) in [6, 6.07) is 0. The lowest BCUT2D eigenvalue weighted by atomic mass is 9.81. The van der Waals surface area contributed by atoms with E-state index in [9.17, 15) is 5.11 Å². The summed E-state index contributed by atoms with van der Waals surface area (Å²) in [6.45, 7) is 0. The van der Waals surface area contributed by atoms with Gasteiger partial charge in [-0.15, -0.1) is 0 Å². The third-order valence-electron chi connectivity index (χ3n) is 5.11. The molecule has 0 amide bonds. The molecule has 0 aliphatic heterocycles. The molecule has 5 atom stereocenters. The Morgan fingerprint density at radius 1 is 0.929 bits per heavy atom. The quantitative estimate of drug-likeness (QED) is 0.716. The van der Waals surface area contributed by atoms with Gasteiger partial charge in [0.2, 0.25) is 0 Å². The Bertz CT molecular complexity index is 213. The van der Waals surface area contributed by atoms with E-state index in [1.807, 2.05) is 0 Å². The average Bonchev–Trinajstić information content (AvgIpc) is 2.83. The first-order valence-electron chi connectivity index (χ1n) is 6.51. The fourth-order valence-corrected chi connectivity index (χ4v) is 4.35. The lowest BCUT2D eigenvalue weighted by Crippen LogP contribution is -2.20. The van der Waals surface area contributed by atoms with E-state index in [0.29, 0.717) is 5.92 Å². The monoisotopic (exact) mass is 194 g/mol. The van der Waals surface area contributed by atoms with E-state index in [1.54, 1.807) is 0 Å². The summed E-state index contributed by atoms with van der Waals surface area (Å²) < 4.78 is 0. The molecule has 3 aliphatic carbocycles. The van der Waals surface area contributed by atoms with Crippen LogP contribution in [0.2, 0.25) is 0 Å². The second-order valence-corrected chi connectivity index (χ2v) is 5.93. The van der Waals surface area contributed by atoms with Crippen LogP contribution < -0.4 is 0 Å². The molecule has 0 saturated heterocycles. The average molecular weight is 194 g/mol. The van der Waals surface area contributed by atoms with E-state index in [-0.39, 0.29) is 6.10 Å². The van der Waals surface area contributed by atoms with E-state index in [2.05, 4.69) is 0 Å². The Hall–Kier alpha value is -0.0400. The minimum Gasteiger partial charge on any atom is -0.393 e. The first kappa shape index (κ1) is 9.21. The van der Waals surface area contributed by atoms with E-state index >= 15 is 0 Å². The number of aliphatic hydroxyl groups excluding tert-OH is 1. The Kier molecular flexibility index (Phi) is 2.31. The van der Waals surface area contributed by atoms with Crippen LogP contribution in [0.5, 0.6) is 0 Å². The molecule has 0 aromatic carbocycles. The van der Waals surface area contributed by atoms with Crippen LogP contribution in [-0.2, 0) is 0 Å². The van der Waals surface area contributed by atoms with Gasteiger partial charge in [-0.25, -0.2) is 0 Å². The zero-order valence-electron chi connectivity index (χ0n) is 8.99. The smallest absolute Gasteiger partial charge is 0.0568 e. The normalized spacial score (nSPS) is 51.6. The van der Waals surface area contributed by atoms with Crippen LogP contribution in [0.3, 0.4) is 0 Å². The first-order chi connectivity index (χ1) is 6.83. The highest BCUT2D eigenvalue weighted by Gasteiger charge is 2.41. The van der Waals surface area contributed by atoms with Crippen LogP contribution in [0.15, 0.2) is 0 Å². The van der Waals surface area contributed by atoms with Crippen molar-refractivity contribution in [2.24, 2.45) is 23.7 Å². The second kappa shape index (κ2) is 3.52. The van der Waals surface area contributed by atoms with Crippen LogP contribution in [0, 0.1) is 23.7 Å². The summed E-state index contributed by atoms with van der Waals surface area (Å²) in [5.74, 6) is 3.78. The van der Waals surface area contributed by atoms with Crippen molar-refractivity contribution in [3.05, 3.63) is 0 Å². The van der Waals surface area contributed by atoms with Crippen molar-refractivity contribution in [1.82, 2.24) is 0 Å². The zero-order valence-corrected chi connectivity index (χ0v) is 8.99. The molecule has 0 radical (unpaired) electrons. The molecule has 3 rings (SSSR count). The van der Waals surface area contributed by atoms with Gasteiger partial charge in [-0.1, -0.05) is 12.8 Å². The first-order valence-corrected chi connectivity index (χ1v) is 6.51. The molecule has 80 valence electrons. The minimum atomic E-state index is 0.0501. The Labute approximate surface area is 86.9 Å². The van der Waals surface area contributed by atoms with Crippen molar-refractivity contribution in [1.29, 1.82) is 0 Å². The summed E-state index contributed by atoms with van der Waals surface area (Å²) in [4.78, 5) is 0. The number of hydrogen-bond acceptors (Lipinski definition) is 1. The molecule has 0 heterocycles. The van der Waals surface area contributed by atoms with E-state index in [4.69, 9.17) is 0 Å². The maximum Gasteiger partial charge on any atom is 0.0568 e. The van der Waals surface area contributed by atoms with Crippen molar-refractivity contribution in [3.63, 3.8) is 0 Å². The molecule has 3 saturated carbocycles. The van der Waals surface area contributed by atoms with Crippen LogP contribution >= 0.6 is 0 Å². The van der Waals surface area contributed by atoms with E-state index in [1.165, 1.54) is 44.9 Å². The van der Waals surface area contributed by atoms with Gasteiger partial charge in [-0.05, 0) is 62.2 Å². The second-order valence-electron chi connectivity index (χ2n) is 5.93. The molecule has 14 heavy (non-hydrogen) atoms. The molecule has 0 aromatic heterocycles. The Morgan fingerprint density at radius 3 is 2.43 bits per heavy atom. The number of hydrogen-bond donors (Lipinski definition) is 1. The van der Waals surface area contributed by atoms with Crippen LogP contribution in [0.4, 0.5) is 0 Å². The molecule has 1 nitrogen and oxygen atoms in total. The number of fused-ring (bicyclic) bond motifs is 2. The van der Waals surface area contributed by atoms with Crippen molar-refractivity contribution in [2.75, 3.05) is 0 Å². The molecule has 3 fully saturated rings. The molecule has 2 bridgehead atoms. The molecule has 0 aromatic rings. The van der Waals surface area contributed by atoms with Gasteiger partial charge >= 0.3 is 0 Å². The number of aliphatic hydroxyl groups is 1. The summed E-state index contributed by atoms with van der Waals surface area (Å²) in [6.07, 6.45) is 11.1. The fourth-order valence-electron chi connectivity index (χ4n) is 4.35. The van der Waals surface area contributed by atoms with Crippen LogP contribution in [-0.4, -0.2) is 11.2 Å². The van der Waals surface area contributed by atoms with Crippen molar-refractivity contribution >= 4 is 0 Å². The SMILES string of the molecule is OC1CCCC1CC1CC2CCC1C2. The molecular weight excluding hydrogens is 172 g/mol. The molecule has 1 heteroatoms. The van der Waals surface area contributed by atoms with Gasteiger partial charge in [-0.2, -0.15) is 0 Å². The summed E-state index contributed by atoms with van der Waals surface area (Å²) in [5.41, 5.74) is 0. The lowest BCUT2D eigenvalue weighted by molar-refractivity contribution is 0.108. The standard InChI is InChI=1S/C13H22O/c14-13-3-1-2-11(13)8-12-7-9-4-5-10(12)6-9/h9-14H,1-8H2. The van der Waals surface area contributed by atoms with Gasteiger partial charge in [0.15, 0.2) is 0 Å². The van der Waals surface area contributed by atoms with Crippen LogP contribution in [0.25, 0.3) is 0 Å². The number of rotatable bonds is 2. The van der Waals surface area contributed by atoms with Gasteiger partial charge in [0.05, 0.1) is 6.10 Å². The largest absolute Gasteiger partial charge is 0.393 e. The van der Waals surface area contributed by atoms with Crippen molar-refractivity contribution in [3.8, 4) is 0 Å². The third-order valence-corrected chi connectivity index (χ3v) is 5.11. The summed E-state index contributed by atoms with van der Waals surface area (Å²) in [5, 5.41) is 9.82. The zero-order chi connectivity index (χ0) is 9.54. The van der Waals surface area contributed by atoms with Crippen molar-refractivity contribution in [2.45, 2.75) is 57.5 Å². The highest BCUT2D eigenvalue weighted by molar-refractivity contribution is 4.92. The maximum absolute atomic E-state index is 9.82. The maximum atomic E-state index is 9.82. The summed E-state index contributed by atoms with van der Waals surface area (Å²) >= 11 is 0. The van der Waals surface area contributed by atoms with Gasteiger partial charge in [0.1, 0.15) is 0 Å². The van der Waals surface area contributed by atoms with Crippen LogP contribution in [0.1, 0.15) is 51.4 Å². The fraction of sp³-hybridized carbons (Fsp3) is 1.00. The van der Waals surface area contributed by atoms with E-state index < -0.39 is 0 Å². The third kappa shape index (κ3) is 1.50. The van der Waals surface area contributed by atoms with E-state index in [0.717, 1.165) is 24.2 Å². The molecule has 1 N–H and O–H groups in total. The Morgan fingerprint density at radius 2 is 1.86 bits per heavy atom. The summed E-state index contributed by atoms with van der Waals surface area (Å²) in [7, 11) is 0. The van der Waals surface area contributed by atoms with Gasteiger partial charge in [0.25, 0.3) is 0 Å². The predicted octanol–water partition coefficient (Wildman–Crippen LogP) is 2.97. The molecule has 3 aliphatic rings. The minimum absolute atomic E-state index is 0.0501. The topological polar surface area (TPSA) is 20.2 Å². The lowest BCUT2D eigenvalue weighted by Gasteiger charge is -2.26. The van der Waals surface area contributed by atoms with Gasteiger partial charge in [0, 0.05) is 0 Å².